The number of ether oxygens (including phenoxy) is 2. The highest BCUT2D eigenvalue weighted by molar-refractivity contribution is 5.68. The number of rotatable bonds is 2. The van der Waals surface area contributed by atoms with Crippen LogP contribution >= 0.6 is 0 Å². The van der Waals surface area contributed by atoms with Gasteiger partial charge in [-0.05, 0) is 33.7 Å². The number of alkyl carbamates (subject to hydrolysis) is 1. The molecule has 2 unspecified atom stereocenters. The molecule has 1 saturated heterocycles. The average Bonchev–Trinajstić information content (AvgIpc) is 2.15. The lowest BCUT2D eigenvalue weighted by Crippen LogP contribution is -2.55. The fourth-order valence-electron chi connectivity index (χ4n) is 1.72. The highest BCUT2D eigenvalue weighted by Crippen LogP contribution is 2.10. The molecule has 0 radical (unpaired) electrons. The largest absolute Gasteiger partial charge is 0.444 e. The molecule has 0 aromatic heterocycles. The van der Waals surface area contributed by atoms with Crippen molar-refractivity contribution in [1.82, 2.24) is 10.6 Å². The fourth-order valence-corrected chi connectivity index (χ4v) is 1.72. The predicted molar refractivity (Wildman–Crippen MR) is 61.4 cm³/mol. The van der Waals surface area contributed by atoms with Crippen molar-refractivity contribution in [2.75, 3.05) is 20.2 Å². The van der Waals surface area contributed by atoms with E-state index in [2.05, 4.69) is 10.6 Å². The Labute approximate surface area is 96.9 Å². The van der Waals surface area contributed by atoms with Crippen molar-refractivity contribution in [2.24, 2.45) is 0 Å². The van der Waals surface area contributed by atoms with Gasteiger partial charge >= 0.3 is 6.09 Å². The van der Waals surface area contributed by atoms with Crippen LogP contribution in [0, 0.1) is 0 Å². The number of carbonyl (C=O) groups is 1. The molecule has 1 rings (SSSR count). The summed E-state index contributed by atoms with van der Waals surface area (Å²) in [5, 5.41) is 6.04. The molecule has 5 heteroatoms. The van der Waals surface area contributed by atoms with Gasteiger partial charge in [-0.25, -0.2) is 4.79 Å². The molecule has 1 fully saturated rings. The minimum atomic E-state index is -0.464. The van der Waals surface area contributed by atoms with E-state index in [0.717, 1.165) is 19.5 Å². The van der Waals surface area contributed by atoms with Gasteiger partial charge in [-0.15, -0.1) is 0 Å². The van der Waals surface area contributed by atoms with Crippen molar-refractivity contribution in [3.63, 3.8) is 0 Å². The van der Waals surface area contributed by atoms with Crippen molar-refractivity contribution in [1.29, 1.82) is 0 Å². The van der Waals surface area contributed by atoms with E-state index in [1.807, 2.05) is 20.8 Å². The minimum Gasteiger partial charge on any atom is -0.444 e. The molecule has 0 aromatic carbocycles. The standard InChI is InChI=1S/C11H22N2O3/c1-11(2,3)16-10(14)13-8-7-12-6-5-9(8)15-4/h8-9,12H,5-7H2,1-4H3,(H,13,14). The number of methoxy groups -OCH3 is 1. The summed E-state index contributed by atoms with van der Waals surface area (Å²) >= 11 is 0. The normalized spacial score (nSPS) is 26.2. The minimum absolute atomic E-state index is 0.0198. The first-order valence-electron chi connectivity index (χ1n) is 5.65. The van der Waals surface area contributed by atoms with Crippen LogP contribution in [0.2, 0.25) is 0 Å². The molecule has 0 bridgehead atoms. The number of nitrogens with one attached hydrogen (secondary N) is 2. The molecular formula is C11H22N2O3. The predicted octanol–water partition coefficient (Wildman–Crippen LogP) is 0.888. The lowest BCUT2D eigenvalue weighted by atomic mass is 10.0. The molecule has 5 nitrogen and oxygen atoms in total. The maximum atomic E-state index is 11.6. The molecule has 2 atom stereocenters. The van der Waals surface area contributed by atoms with Gasteiger partial charge in [0.25, 0.3) is 0 Å². The third-order valence-electron chi connectivity index (χ3n) is 2.42. The summed E-state index contributed by atoms with van der Waals surface area (Å²) in [6.07, 6.45) is 0.578. The topological polar surface area (TPSA) is 59.6 Å². The maximum absolute atomic E-state index is 11.6. The van der Waals surface area contributed by atoms with Gasteiger partial charge < -0.3 is 20.1 Å². The summed E-state index contributed by atoms with van der Waals surface area (Å²) in [4.78, 5) is 11.6. The number of piperidine rings is 1. The quantitative estimate of drug-likeness (QED) is 0.739. The Kier molecular flexibility index (Phi) is 4.56. The van der Waals surface area contributed by atoms with Crippen LogP contribution in [0.1, 0.15) is 27.2 Å². The molecule has 0 aliphatic carbocycles. The van der Waals surface area contributed by atoms with Crippen molar-refractivity contribution >= 4 is 6.09 Å². The summed E-state index contributed by atoms with van der Waals surface area (Å²) in [5.41, 5.74) is -0.464. The Morgan fingerprint density at radius 1 is 1.44 bits per heavy atom. The van der Waals surface area contributed by atoms with E-state index in [1.54, 1.807) is 7.11 Å². The Hall–Kier alpha value is -0.810. The van der Waals surface area contributed by atoms with Crippen molar-refractivity contribution in [3.8, 4) is 0 Å². The van der Waals surface area contributed by atoms with Crippen LogP contribution in [-0.2, 0) is 9.47 Å². The van der Waals surface area contributed by atoms with E-state index in [1.165, 1.54) is 0 Å². The molecule has 0 aromatic rings. The van der Waals surface area contributed by atoms with Gasteiger partial charge in [-0.2, -0.15) is 0 Å². The van der Waals surface area contributed by atoms with Crippen LogP contribution < -0.4 is 10.6 Å². The van der Waals surface area contributed by atoms with Gasteiger partial charge in [0.15, 0.2) is 0 Å². The first-order chi connectivity index (χ1) is 7.42. The van der Waals surface area contributed by atoms with Crippen LogP contribution in [0.25, 0.3) is 0 Å². The summed E-state index contributed by atoms with van der Waals surface area (Å²) < 4.78 is 10.5. The first kappa shape index (κ1) is 13.3. The zero-order valence-corrected chi connectivity index (χ0v) is 10.5. The summed E-state index contributed by atoms with van der Waals surface area (Å²) in [6, 6.07) is -0.0198. The van der Waals surface area contributed by atoms with Gasteiger partial charge in [0, 0.05) is 13.7 Å². The molecule has 1 amide bonds. The van der Waals surface area contributed by atoms with Crippen molar-refractivity contribution < 1.29 is 14.3 Å². The van der Waals surface area contributed by atoms with E-state index in [-0.39, 0.29) is 18.2 Å². The molecule has 1 aliphatic heterocycles. The first-order valence-corrected chi connectivity index (χ1v) is 5.65. The van der Waals surface area contributed by atoms with Crippen molar-refractivity contribution in [2.45, 2.75) is 44.9 Å². The molecule has 1 heterocycles. The zero-order valence-electron chi connectivity index (χ0n) is 10.5. The van der Waals surface area contributed by atoms with Gasteiger partial charge in [-0.3, -0.25) is 0 Å². The number of hydrogen-bond acceptors (Lipinski definition) is 4. The SMILES string of the molecule is COC1CCNCC1NC(=O)OC(C)(C)C. The van der Waals surface area contributed by atoms with Gasteiger partial charge in [0.1, 0.15) is 5.60 Å². The van der Waals surface area contributed by atoms with Crippen LogP contribution in [-0.4, -0.2) is 44.0 Å². The average molecular weight is 230 g/mol. The monoisotopic (exact) mass is 230 g/mol. The summed E-state index contributed by atoms with van der Waals surface area (Å²) in [6.45, 7) is 7.18. The zero-order chi connectivity index (χ0) is 12.2. The molecule has 0 spiro atoms. The van der Waals surface area contributed by atoms with E-state index in [0.29, 0.717) is 0 Å². The van der Waals surface area contributed by atoms with Crippen LogP contribution in [0.15, 0.2) is 0 Å². The molecular weight excluding hydrogens is 208 g/mol. The van der Waals surface area contributed by atoms with E-state index in [4.69, 9.17) is 9.47 Å². The second-order valence-electron chi connectivity index (χ2n) is 5.02. The van der Waals surface area contributed by atoms with E-state index < -0.39 is 5.60 Å². The van der Waals surface area contributed by atoms with E-state index in [9.17, 15) is 4.79 Å². The van der Waals surface area contributed by atoms with E-state index >= 15 is 0 Å². The molecule has 0 saturated carbocycles. The van der Waals surface area contributed by atoms with Crippen molar-refractivity contribution in [3.05, 3.63) is 0 Å². The summed E-state index contributed by atoms with van der Waals surface area (Å²) in [7, 11) is 1.67. The Bertz CT molecular complexity index is 238. The number of hydrogen-bond donors (Lipinski definition) is 2. The van der Waals surface area contributed by atoms with Gasteiger partial charge in [0.2, 0.25) is 0 Å². The fraction of sp³-hybridized carbons (Fsp3) is 0.909. The number of amides is 1. The van der Waals surface area contributed by atoms with Crippen LogP contribution in [0.3, 0.4) is 0 Å². The smallest absolute Gasteiger partial charge is 0.408 e. The lowest BCUT2D eigenvalue weighted by Gasteiger charge is -2.32. The molecule has 1 aliphatic rings. The highest BCUT2D eigenvalue weighted by Gasteiger charge is 2.27. The Morgan fingerprint density at radius 3 is 2.69 bits per heavy atom. The maximum Gasteiger partial charge on any atom is 0.408 e. The van der Waals surface area contributed by atoms with Gasteiger partial charge in [0.05, 0.1) is 12.1 Å². The second-order valence-corrected chi connectivity index (χ2v) is 5.02. The highest BCUT2D eigenvalue weighted by atomic mass is 16.6. The molecule has 16 heavy (non-hydrogen) atoms. The van der Waals surface area contributed by atoms with Crippen LogP contribution in [0.5, 0.6) is 0 Å². The second kappa shape index (κ2) is 5.50. The molecule has 2 N–H and O–H groups in total. The van der Waals surface area contributed by atoms with Crippen LogP contribution in [0.4, 0.5) is 4.79 Å². The Balaban J connectivity index is 2.42. The Morgan fingerprint density at radius 2 is 2.12 bits per heavy atom. The third-order valence-corrected chi connectivity index (χ3v) is 2.42. The lowest BCUT2D eigenvalue weighted by molar-refractivity contribution is 0.0250. The number of carbonyl (C=O) groups excluding carboxylic acids is 1. The third kappa shape index (κ3) is 4.37. The molecule has 94 valence electrons. The van der Waals surface area contributed by atoms with Gasteiger partial charge in [-0.1, -0.05) is 0 Å². The summed E-state index contributed by atoms with van der Waals surface area (Å²) in [5.74, 6) is 0.